The van der Waals surface area contributed by atoms with Crippen LogP contribution in [0.2, 0.25) is 5.02 Å². The Morgan fingerprint density at radius 1 is 0.889 bits per heavy atom. The van der Waals surface area contributed by atoms with E-state index in [9.17, 15) is 4.39 Å². The van der Waals surface area contributed by atoms with E-state index in [1.54, 1.807) is 24.7 Å². The van der Waals surface area contributed by atoms with Gasteiger partial charge in [0.1, 0.15) is 5.82 Å². The standard InChI is InChI=1S/C27H23ClFN7/c28-19-5-6-23(29)22(12-19)24-13-21(20-4-3-7-31-27(20)34-24)26-16-30-15-25(33-26)18-14-32-36(17-18)11-10-35-8-1-2-9-35/h3-7,12-17H,1-2,8-11H2. The first-order valence-electron chi connectivity index (χ1n) is 11.9. The van der Waals surface area contributed by atoms with Crippen LogP contribution < -0.4 is 0 Å². The molecule has 180 valence electrons. The van der Waals surface area contributed by atoms with Gasteiger partial charge in [0, 0.05) is 46.0 Å². The molecule has 0 bridgehead atoms. The average molecular weight is 500 g/mol. The molecule has 1 aliphatic heterocycles. The molecule has 36 heavy (non-hydrogen) atoms. The Kier molecular flexibility index (Phi) is 6.13. The molecular formula is C27H23ClFN7. The summed E-state index contributed by atoms with van der Waals surface area (Å²) >= 11 is 6.15. The molecule has 4 aromatic heterocycles. The maximum Gasteiger partial charge on any atom is 0.160 e. The van der Waals surface area contributed by atoms with Gasteiger partial charge in [0.2, 0.25) is 0 Å². The third-order valence-electron chi connectivity index (χ3n) is 6.47. The minimum Gasteiger partial charge on any atom is -0.301 e. The van der Waals surface area contributed by atoms with Gasteiger partial charge in [-0.15, -0.1) is 0 Å². The molecule has 9 heteroatoms. The maximum absolute atomic E-state index is 14.7. The van der Waals surface area contributed by atoms with E-state index in [1.807, 2.05) is 35.3 Å². The highest BCUT2D eigenvalue weighted by atomic mass is 35.5. The van der Waals surface area contributed by atoms with Crippen LogP contribution >= 0.6 is 11.6 Å². The van der Waals surface area contributed by atoms with Crippen LogP contribution in [0.5, 0.6) is 0 Å². The van der Waals surface area contributed by atoms with Crippen LogP contribution in [0.4, 0.5) is 4.39 Å². The van der Waals surface area contributed by atoms with E-state index in [4.69, 9.17) is 16.6 Å². The van der Waals surface area contributed by atoms with E-state index in [2.05, 4.69) is 25.0 Å². The zero-order chi connectivity index (χ0) is 24.5. The molecule has 6 rings (SSSR count). The zero-order valence-corrected chi connectivity index (χ0v) is 20.2. The monoisotopic (exact) mass is 499 g/mol. The van der Waals surface area contributed by atoms with Gasteiger partial charge >= 0.3 is 0 Å². The molecular weight excluding hydrogens is 477 g/mol. The van der Waals surface area contributed by atoms with E-state index < -0.39 is 5.82 Å². The molecule has 1 aromatic carbocycles. The Morgan fingerprint density at radius 2 is 1.75 bits per heavy atom. The van der Waals surface area contributed by atoms with Crippen molar-refractivity contribution < 1.29 is 4.39 Å². The van der Waals surface area contributed by atoms with Crippen molar-refractivity contribution in [2.75, 3.05) is 19.6 Å². The summed E-state index contributed by atoms with van der Waals surface area (Å²) in [5.74, 6) is -0.408. The van der Waals surface area contributed by atoms with Crippen LogP contribution in [-0.4, -0.2) is 54.3 Å². The number of halogens is 2. The summed E-state index contributed by atoms with van der Waals surface area (Å²) in [7, 11) is 0. The average Bonchev–Trinajstić information content (AvgIpc) is 3.61. The van der Waals surface area contributed by atoms with Gasteiger partial charge in [-0.2, -0.15) is 5.10 Å². The summed E-state index contributed by atoms with van der Waals surface area (Å²) in [6.45, 7) is 4.16. The molecule has 5 aromatic rings. The lowest BCUT2D eigenvalue weighted by Crippen LogP contribution is -2.24. The highest BCUT2D eigenvalue weighted by Crippen LogP contribution is 2.33. The Bertz CT molecular complexity index is 1540. The smallest absolute Gasteiger partial charge is 0.160 e. The van der Waals surface area contributed by atoms with Crippen LogP contribution in [-0.2, 0) is 6.54 Å². The van der Waals surface area contributed by atoms with Crippen LogP contribution in [0.25, 0.3) is 44.8 Å². The van der Waals surface area contributed by atoms with E-state index in [0.29, 0.717) is 33.3 Å². The van der Waals surface area contributed by atoms with Crippen molar-refractivity contribution in [3.8, 4) is 33.8 Å². The van der Waals surface area contributed by atoms with Crippen molar-refractivity contribution in [1.29, 1.82) is 0 Å². The summed E-state index contributed by atoms with van der Waals surface area (Å²) in [6.07, 6.45) is 11.5. The first kappa shape index (κ1) is 22.7. The number of hydrogen-bond acceptors (Lipinski definition) is 6. The van der Waals surface area contributed by atoms with Gasteiger partial charge in [-0.25, -0.2) is 19.3 Å². The number of likely N-dealkylation sites (tertiary alicyclic amines) is 1. The number of benzene rings is 1. The fourth-order valence-electron chi connectivity index (χ4n) is 4.60. The lowest BCUT2D eigenvalue weighted by Gasteiger charge is -2.13. The quantitative estimate of drug-likeness (QED) is 0.307. The second kappa shape index (κ2) is 9.72. The number of fused-ring (bicyclic) bond motifs is 1. The van der Waals surface area contributed by atoms with E-state index in [1.165, 1.54) is 25.0 Å². The minimum atomic E-state index is -0.408. The zero-order valence-electron chi connectivity index (χ0n) is 19.5. The van der Waals surface area contributed by atoms with Crippen LogP contribution in [0, 0.1) is 5.82 Å². The first-order chi connectivity index (χ1) is 17.6. The summed E-state index contributed by atoms with van der Waals surface area (Å²) in [5, 5.41) is 5.76. The molecule has 0 amide bonds. The molecule has 0 unspecified atom stereocenters. The number of aromatic nitrogens is 6. The van der Waals surface area contributed by atoms with Gasteiger partial charge < -0.3 is 4.90 Å². The fourth-order valence-corrected chi connectivity index (χ4v) is 4.78. The van der Waals surface area contributed by atoms with Crippen molar-refractivity contribution in [1.82, 2.24) is 34.6 Å². The Labute approximate surface area is 212 Å². The summed E-state index contributed by atoms with van der Waals surface area (Å²) in [5.41, 5.74) is 4.23. The Morgan fingerprint density at radius 3 is 2.64 bits per heavy atom. The maximum atomic E-state index is 14.7. The summed E-state index contributed by atoms with van der Waals surface area (Å²) in [4.78, 5) is 20.8. The molecule has 0 radical (unpaired) electrons. The van der Waals surface area contributed by atoms with Gasteiger partial charge in [0.25, 0.3) is 0 Å². The molecule has 0 atom stereocenters. The van der Waals surface area contributed by atoms with Gasteiger partial charge in [0.05, 0.1) is 42.2 Å². The summed E-state index contributed by atoms with van der Waals surface area (Å²) < 4.78 is 16.6. The van der Waals surface area contributed by atoms with Crippen LogP contribution in [0.3, 0.4) is 0 Å². The van der Waals surface area contributed by atoms with Gasteiger partial charge in [-0.1, -0.05) is 11.6 Å². The molecule has 0 spiro atoms. The first-order valence-corrected chi connectivity index (χ1v) is 12.3. The third-order valence-corrected chi connectivity index (χ3v) is 6.71. The van der Waals surface area contributed by atoms with E-state index in [0.717, 1.165) is 42.7 Å². The minimum absolute atomic E-state index is 0.305. The highest BCUT2D eigenvalue weighted by Gasteiger charge is 2.16. The Hall–Kier alpha value is -3.75. The fraction of sp³-hybridized carbons (Fsp3) is 0.222. The van der Waals surface area contributed by atoms with Crippen LogP contribution in [0.15, 0.2) is 67.4 Å². The Balaban J connectivity index is 1.37. The topological polar surface area (TPSA) is 72.6 Å². The van der Waals surface area contributed by atoms with Gasteiger partial charge in [-0.3, -0.25) is 9.67 Å². The van der Waals surface area contributed by atoms with Crippen LogP contribution in [0.1, 0.15) is 12.8 Å². The third kappa shape index (κ3) is 4.57. The number of pyridine rings is 2. The van der Waals surface area contributed by atoms with E-state index >= 15 is 0 Å². The van der Waals surface area contributed by atoms with Crippen molar-refractivity contribution in [2.24, 2.45) is 0 Å². The second-order valence-electron chi connectivity index (χ2n) is 8.88. The van der Waals surface area contributed by atoms with Crippen molar-refractivity contribution in [2.45, 2.75) is 19.4 Å². The van der Waals surface area contributed by atoms with Crippen molar-refractivity contribution in [3.05, 3.63) is 78.2 Å². The number of nitrogens with zero attached hydrogens (tertiary/aromatic N) is 7. The molecule has 5 heterocycles. The molecule has 1 saturated heterocycles. The number of hydrogen-bond donors (Lipinski definition) is 0. The van der Waals surface area contributed by atoms with Crippen molar-refractivity contribution >= 4 is 22.6 Å². The molecule has 0 aliphatic carbocycles. The largest absolute Gasteiger partial charge is 0.301 e. The summed E-state index contributed by atoms with van der Waals surface area (Å²) in [6, 6.07) is 10.00. The molecule has 1 aliphatic rings. The predicted octanol–water partition coefficient (Wildman–Crippen LogP) is 5.51. The molecule has 1 fully saturated rings. The van der Waals surface area contributed by atoms with Gasteiger partial charge in [0.15, 0.2) is 5.65 Å². The predicted molar refractivity (Wildman–Crippen MR) is 138 cm³/mol. The molecule has 7 nitrogen and oxygen atoms in total. The lowest BCUT2D eigenvalue weighted by atomic mass is 10.0. The molecule has 0 N–H and O–H groups in total. The van der Waals surface area contributed by atoms with Crippen molar-refractivity contribution in [3.63, 3.8) is 0 Å². The number of rotatable bonds is 6. The lowest BCUT2D eigenvalue weighted by molar-refractivity contribution is 0.316. The SMILES string of the molecule is Fc1ccc(Cl)cc1-c1cc(-c2cncc(-c3cnn(CCN4CCCC4)c3)n2)c2cccnc2n1. The normalized spacial score (nSPS) is 14.1. The molecule has 0 saturated carbocycles. The second-order valence-corrected chi connectivity index (χ2v) is 9.32. The highest BCUT2D eigenvalue weighted by molar-refractivity contribution is 6.30. The van der Waals surface area contributed by atoms with E-state index in [-0.39, 0.29) is 0 Å². The van der Waals surface area contributed by atoms with Gasteiger partial charge in [-0.05, 0) is 62.3 Å².